The Morgan fingerprint density at radius 2 is 1.79 bits per heavy atom. The van der Waals surface area contributed by atoms with Gasteiger partial charge in [-0.05, 0) is 30.6 Å². The van der Waals surface area contributed by atoms with Gasteiger partial charge in [-0.15, -0.1) is 0 Å². The highest BCUT2D eigenvalue weighted by molar-refractivity contribution is 5.96. The van der Waals surface area contributed by atoms with Crippen LogP contribution in [-0.2, 0) is 9.59 Å². The van der Waals surface area contributed by atoms with E-state index in [4.69, 9.17) is 5.11 Å². The SMILES string of the molecule is CC1(C(=O)O)C=C(c2ccccc2)C=C(C(=O)O)C1. The molecule has 1 aliphatic carbocycles. The Labute approximate surface area is 110 Å². The van der Waals surface area contributed by atoms with Crippen LogP contribution >= 0.6 is 0 Å². The molecule has 0 heterocycles. The summed E-state index contributed by atoms with van der Waals surface area (Å²) in [5.74, 6) is -2.10. The summed E-state index contributed by atoms with van der Waals surface area (Å²) >= 11 is 0. The first-order valence-electron chi connectivity index (χ1n) is 5.88. The fraction of sp³-hybridized carbons (Fsp3) is 0.200. The molecule has 1 aliphatic rings. The average molecular weight is 258 g/mol. The van der Waals surface area contributed by atoms with Gasteiger partial charge >= 0.3 is 11.9 Å². The van der Waals surface area contributed by atoms with E-state index >= 15 is 0 Å². The van der Waals surface area contributed by atoms with Crippen molar-refractivity contribution < 1.29 is 19.8 Å². The Morgan fingerprint density at radius 1 is 1.16 bits per heavy atom. The second-order valence-electron chi connectivity index (χ2n) is 4.84. The van der Waals surface area contributed by atoms with E-state index in [1.165, 1.54) is 6.92 Å². The van der Waals surface area contributed by atoms with E-state index in [1.807, 2.05) is 30.3 Å². The first-order valence-corrected chi connectivity index (χ1v) is 5.88. The first kappa shape index (κ1) is 13.1. The summed E-state index contributed by atoms with van der Waals surface area (Å²) in [5.41, 5.74) is 0.377. The molecule has 1 atom stereocenters. The monoisotopic (exact) mass is 258 g/mol. The topological polar surface area (TPSA) is 74.6 Å². The largest absolute Gasteiger partial charge is 0.481 e. The van der Waals surface area contributed by atoms with Gasteiger partial charge in [0.2, 0.25) is 0 Å². The molecule has 1 aromatic carbocycles. The number of carbonyl (C=O) groups is 2. The number of carboxylic acids is 2. The standard InChI is InChI=1S/C15H14O4/c1-15(14(18)19)8-11(7-12(9-15)13(16)17)10-5-3-2-4-6-10/h2-8H,9H2,1H3,(H,16,17)(H,18,19). The maximum absolute atomic E-state index is 11.4. The van der Waals surface area contributed by atoms with Crippen LogP contribution in [0, 0.1) is 5.41 Å². The number of hydrogen-bond donors (Lipinski definition) is 2. The Morgan fingerprint density at radius 3 is 2.32 bits per heavy atom. The van der Waals surface area contributed by atoms with Crippen LogP contribution in [-0.4, -0.2) is 22.2 Å². The Hall–Kier alpha value is -2.36. The number of rotatable bonds is 3. The fourth-order valence-electron chi connectivity index (χ4n) is 2.14. The van der Waals surface area contributed by atoms with Crippen molar-refractivity contribution in [3.63, 3.8) is 0 Å². The molecule has 0 saturated heterocycles. The predicted molar refractivity (Wildman–Crippen MR) is 70.5 cm³/mol. The second kappa shape index (κ2) is 4.72. The van der Waals surface area contributed by atoms with Crippen LogP contribution in [0.5, 0.6) is 0 Å². The summed E-state index contributed by atoms with van der Waals surface area (Å²) in [5, 5.41) is 18.4. The van der Waals surface area contributed by atoms with Crippen LogP contribution in [0.2, 0.25) is 0 Å². The van der Waals surface area contributed by atoms with E-state index in [2.05, 4.69) is 0 Å². The number of hydrogen-bond acceptors (Lipinski definition) is 2. The van der Waals surface area contributed by atoms with Gasteiger partial charge in [0.05, 0.1) is 5.41 Å². The molecule has 0 fully saturated rings. The van der Waals surface area contributed by atoms with Gasteiger partial charge in [-0.2, -0.15) is 0 Å². The summed E-state index contributed by atoms with van der Waals surface area (Å²) in [7, 11) is 0. The van der Waals surface area contributed by atoms with Gasteiger partial charge in [0.25, 0.3) is 0 Å². The molecule has 19 heavy (non-hydrogen) atoms. The van der Waals surface area contributed by atoms with Gasteiger partial charge in [-0.25, -0.2) is 4.79 Å². The van der Waals surface area contributed by atoms with Crippen molar-refractivity contribution in [1.29, 1.82) is 0 Å². The molecule has 4 nitrogen and oxygen atoms in total. The van der Waals surface area contributed by atoms with Crippen molar-refractivity contribution in [2.75, 3.05) is 0 Å². The molecule has 0 spiro atoms. The molecule has 0 radical (unpaired) electrons. The molecular formula is C15H14O4. The summed E-state index contributed by atoms with van der Waals surface area (Å²) < 4.78 is 0. The molecule has 2 rings (SSSR count). The molecule has 1 unspecified atom stereocenters. The van der Waals surface area contributed by atoms with Crippen molar-refractivity contribution >= 4 is 17.5 Å². The smallest absolute Gasteiger partial charge is 0.331 e. The molecule has 1 aromatic rings. The zero-order valence-corrected chi connectivity index (χ0v) is 10.5. The average Bonchev–Trinajstić information content (AvgIpc) is 2.39. The lowest BCUT2D eigenvalue weighted by Crippen LogP contribution is -2.29. The summed E-state index contributed by atoms with van der Waals surface area (Å²) in [6.45, 7) is 1.54. The molecule has 0 aromatic heterocycles. The van der Waals surface area contributed by atoms with Gasteiger partial charge in [0, 0.05) is 5.57 Å². The third kappa shape index (κ3) is 2.57. The van der Waals surface area contributed by atoms with Crippen molar-refractivity contribution in [3.8, 4) is 0 Å². The van der Waals surface area contributed by atoms with Crippen LogP contribution in [0.1, 0.15) is 18.9 Å². The normalized spacial score (nSPS) is 22.4. The third-order valence-corrected chi connectivity index (χ3v) is 3.23. The molecule has 2 N–H and O–H groups in total. The fourth-order valence-corrected chi connectivity index (χ4v) is 2.14. The maximum Gasteiger partial charge on any atom is 0.331 e. The van der Waals surface area contributed by atoms with Crippen molar-refractivity contribution in [2.24, 2.45) is 5.41 Å². The Balaban J connectivity index is 2.53. The van der Waals surface area contributed by atoms with Crippen LogP contribution in [0.25, 0.3) is 5.57 Å². The molecule has 98 valence electrons. The number of allylic oxidation sites excluding steroid dienone is 2. The lowest BCUT2D eigenvalue weighted by atomic mass is 9.76. The minimum atomic E-state index is -1.19. The van der Waals surface area contributed by atoms with E-state index in [0.717, 1.165) is 5.56 Å². The van der Waals surface area contributed by atoms with Crippen LogP contribution < -0.4 is 0 Å². The molecule has 0 saturated carbocycles. The van der Waals surface area contributed by atoms with Gasteiger partial charge in [0.15, 0.2) is 0 Å². The van der Waals surface area contributed by atoms with Gasteiger partial charge in [0.1, 0.15) is 0 Å². The lowest BCUT2D eigenvalue weighted by Gasteiger charge is -2.26. The minimum Gasteiger partial charge on any atom is -0.481 e. The Kier molecular flexibility index (Phi) is 3.25. The molecule has 0 amide bonds. The first-order chi connectivity index (χ1) is 8.92. The van der Waals surface area contributed by atoms with Gasteiger partial charge in [-0.3, -0.25) is 4.79 Å². The van der Waals surface area contributed by atoms with Crippen molar-refractivity contribution in [1.82, 2.24) is 0 Å². The molecule has 0 bridgehead atoms. The highest BCUT2D eigenvalue weighted by Crippen LogP contribution is 2.37. The van der Waals surface area contributed by atoms with E-state index < -0.39 is 17.4 Å². The van der Waals surface area contributed by atoms with Gasteiger partial charge in [-0.1, -0.05) is 36.4 Å². The van der Waals surface area contributed by atoms with Crippen molar-refractivity contribution in [3.05, 3.63) is 53.6 Å². The second-order valence-corrected chi connectivity index (χ2v) is 4.84. The zero-order valence-electron chi connectivity index (χ0n) is 10.5. The van der Waals surface area contributed by atoms with E-state index in [0.29, 0.717) is 5.57 Å². The van der Waals surface area contributed by atoms with E-state index in [9.17, 15) is 14.7 Å². The van der Waals surface area contributed by atoms with E-state index in [-0.39, 0.29) is 12.0 Å². The van der Waals surface area contributed by atoms with Crippen LogP contribution in [0.4, 0.5) is 0 Å². The summed E-state index contributed by atoms with van der Waals surface area (Å²) in [6, 6.07) is 9.17. The minimum absolute atomic E-state index is 0.00595. The van der Waals surface area contributed by atoms with Crippen molar-refractivity contribution in [2.45, 2.75) is 13.3 Å². The lowest BCUT2D eigenvalue weighted by molar-refractivity contribution is -0.145. The zero-order chi connectivity index (χ0) is 14.0. The highest BCUT2D eigenvalue weighted by atomic mass is 16.4. The number of benzene rings is 1. The van der Waals surface area contributed by atoms with E-state index in [1.54, 1.807) is 12.2 Å². The van der Waals surface area contributed by atoms with Gasteiger partial charge < -0.3 is 10.2 Å². The number of aliphatic carboxylic acids is 2. The molecular weight excluding hydrogens is 244 g/mol. The summed E-state index contributed by atoms with van der Waals surface area (Å²) in [6.07, 6.45) is 3.16. The quantitative estimate of drug-likeness (QED) is 0.873. The molecule has 0 aliphatic heterocycles. The Bertz CT molecular complexity index is 583. The number of carboxylic acid groups (broad SMARTS) is 2. The third-order valence-electron chi connectivity index (χ3n) is 3.23. The van der Waals surface area contributed by atoms with Crippen LogP contribution in [0.3, 0.4) is 0 Å². The molecule has 4 heteroatoms. The highest BCUT2D eigenvalue weighted by Gasteiger charge is 2.36. The summed E-state index contributed by atoms with van der Waals surface area (Å²) in [4.78, 5) is 22.5. The predicted octanol–water partition coefficient (Wildman–Crippen LogP) is 2.58. The maximum atomic E-state index is 11.4. The van der Waals surface area contributed by atoms with Crippen LogP contribution in [0.15, 0.2) is 48.1 Å².